The Morgan fingerprint density at radius 1 is 0.676 bits per heavy atom. The maximum Gasteiger partial charge on any atom is 0.329 e. The second-order valence-corrected chi connectivity index (χ2v) is 8.55. The lowest BCUT2D eigenvalue weighted by Crippen LogP contribution is -2.46. The van der Waals surface area contributed by atoms with Crippen molar-refractivity contribution in [3.63, 3.8) is 0 Å². The van der Waals surface area contributed by atoms with Gasteiger partial charge in [0, 0.05) is 12.0 Å². The molecule has 0 aliphatic carbocycles. The van der Waals surface area contributed by atoms with Crippen LogP contribution in [0.1, 0.15) is 32.0 Å². The van der Waals surface area contributed by atoms with Crippen molar-refractivity contribution < 1.29 is 23.5 Å². The highest BCUT2D eigenvalue weighted by molar-refractivity contribution is 5.95. The molecule has 1 aromatic heterocycles. The van der Waals surface area contributed by atoms with Gasteiger partial charge in [-0.15, -0.1) is 0 Å². The Bertz CT molecular complexity index is 1280. The Morgan fingerprint density at radius 2 is 1.27 bits per heavy atom. The Hall–Kier alpha value is -4.65. The van der Waals surface area contributed by atoms with Crippen molar-refractivity contribution in [2.24, 2.45) is 0 Å². The van der Waals surface area contributed by atoms with Crippen LogP contribution < -0.4 is 10.6 Å². The Balaban J connectivity index is 1.46. The molecule has 0 saturated heterocycles. The van der Waals surface area contributed by atoms with E-state index < -0.39 is 24.0 Å². The number of esters is 1. The van der Waals surface area contributed by atoms with Gasteiger partial charge in [-0.3, -0.25) is 9.59 Å². The zero-order valence-corrected chi connectivity index (χ0v) is 20.2. The average molecular weight is 497 g/mol. The minimum Gasteiger partial charge on any atom is -0.462 e. The molecule has 7 heteroatoms. The number of carbonyl (C=O) groups excluding carboxylic acids is 3. The second kappa shape index (κ2) is 12.9. The van der Waals surface area contributed by atoms with Crippen molar-refractivity contribution in [1.29, 1.82) is 0 Å². The number of benzene rings is 3. The molecule has 3 aromatic carbocycles. The van der Waals surface area contributed by atoms with Crippen molar-refractivity contribution in [3.05, 3.63) is 132 Å². The fourth-order valence-electron chi connectivity index (χ4n) is 3.87. The summed E-state index contributed by atoms with van der Waals surface area (Å²) in [5.41, 5.74) is 2.37. The first kappa shape index (κ1) is 25.4. The van der Waals surface area contributed by atoms with Crippen LogP contribution in [-0.4, -0.2) is 36.5 Å². The minimum absolute atomic E-state index is 0.0613. The van der Waals surface area contributed by atoms with Gasteiger partial charge in [0.05, 0.1) is 12.3 Å². The number of amides is 2. The van der Waals surface area contributed by atoms with Gasteiger partial charge in [0.1, 0.15) is 12.6 Å². The smallest absolute Gasteiger partial charge is 0.329 e. The molecule has 0 fully saturated rings. The van der Waals surface area contributed by atoms with Crippen LogP contribution in [0, 0.1) is 0 Å². The molecule has 0 unspecified atom stereocenters. The summed E-state index contributed by atoms with van der Waals surface area (Å²) >= 11 is 0. The second-order valence-electron chi connectivity index (χ2n) is 8.55. The first-order chi connectivity index (χ1) is 18.1. The molecule has 4 rings (SSSR count). The van der Waals surface area contributed by atoms with Crippen molar-refractivity contribution in [3.8, 4) is 0 Å². The summed E-state index contributed by atoms with van der Waals surface area (Å²) in [4.78, 5) is 38.6. The summed E-state index contributed by atoms with van der Waals surface area (Å²) in [5, 5.41) is 5.68. The molecule has 0 bridgehead atoms. The lowest BCUT2D eigenvalue weighted by atomic mass is 10.0. The standard InChI is InChI=1S/C30H28N2O5/c33-28(24-15-8-3-9-16-24)31-25(19-22-11-4-1-5-12-22)21-37-30(35)26(20-23-13-6-2-7-14-23)32-29(34)27-17-10-18-36-27/h1-18,25-26H,19-21H2,(H,31,33)(H,32,34)/t25-,26-/m0/s1. The quantitative estimate of drug-likeness (QED) is 0.303. The fraction of sp³-hybridized carbons (Fsp3) is 0.167. The maximum atomic E-state index is 13.2. The van der Waals surface area contributed by atoms with Gasteiger partial charge in [-0.05, 0) is 41.8 Å². The molecule has 2 amide bonds. The van der Waals surface area contributed by atoms with E-state index in [0.29, 0.717) is 12.0 Å². The van der Waals surface area contributed by atoms with Crippen LogP contribution in [-0.2, 0) is 22.4 Å². The van der Waals surface area contributed by atoms with Crippen LogP contribution in [0.5, 0.6) is 0 Å². The largest absolute Gasteiger partial charge is 0.462 e. The van der Waals surface area contributed by atoms with E-state index in [2.05, 4.69) is 10.6 Å². The first-order valence-corrected chi connectivity index (χ1v) is 12.0. The number of hydrogen-bond acceptors (Lipinski definition) is 5. The van der Waals surface area contributed by atoms with E-state index in [1.807, 2.05) is 66.7 Å². The summed E-state index contributed by atoms with van der Waals surface area (Å²) in [5.74, 6) is -1.27. The van der Waals surface area contributed by atoms with Gasteiger partial charge in [-0.25, -0.2) is 4.79 Å². The van der Waals surface area contributed by atoms with E-state index >= 15 is 0 Å². The van der Waals surface area contributed by atoms with Crippen LogP contribution in [0.25, 0.3) is 0 Å². The van der Waals surface area contributed by atoms with Gasteiger partial charge in [0.25, 0.3) is 11.8 Å². The third-order valence-corrected chi connectivity index (χ3v) is 5.74. The first-order valence-electron chi connectivity index (χ1n) is 12.0. The Morgan fingerprint density at radius 3 is 1.86 bits per heavy atom. The van der Waals surface area contributed by atoms with Gasteiger partial charge < -0.3 is 19.8 Å². The van der Waals surface area contributed by atoms with Crippen molar-refractivity contribution in [1.82, 2.24) is 10.6 Å². The summed E-state index contributed by atoms with van der Waals surface area (Å²) in [6, 6.07) is 29.6. The Kier molecular flexibility index (Phi) is 8.86. The van der Waals surface area contributed by atoms with E-state index in [1.165, 1.54) is 12.3 Å². The molecule has 0 spiro atoms. The molecule has 0 aliphatic rings. The van der Waals surface area contributed by atoms with E-state index in [9.17, 15) is 14.4 Å². The SMILES string of the molecule is O=C(N[C@H](COC(=O)[C@H](Cc1ccccc1)NC(=O)c1ccco1)Cc1ccccc1)c1ccccc1. The van der Waals surface area contributed by atoms with Gasteiger partial charge in [0.15, 0.2) is 5.76 Å². The number of rotatable bonds is 11. The predicted octanol–water partition coefficient (Wildman–Crippen LogP) is 4.21. The lowest BCUT2D eigenvalue weighted by Gasteiger charge is -2.22. The van der Waals surface area contributed by atoms with Crippen molar-refractivity contribution in [2.75, 3.05) is 6.61 Å². The number of carbonyl (C=O) groups is 3. The van der Waals surface area contributed by atoms with Gasteiger partial charge in [-0.1, -0.05) is 78.9 Å². The topological polar surface area (TPSA) is 97.6 Å². The van der Waals surface area contributed by atoms with Crippen LogP contribution >= 0.6 is 0 Å². The molecular formula is C30H28N2O5. The van der Waals surface area contributed by atoms with E-state index in [-0.39, 0.29) is 24.7 Å². The Labute approximate surface area is 215 Å². The highest BCUT2D eigenvalue weighted by atomic mass is 16.5. The molecule has 2 N–H and O–H groups in total. The highest BCUT2D eigenvalue weighted by Gasteiger charge is 2.26. The van der Waals surface area contributed by atoms with Crippen molar-refractivity contribution >= 4 is 17.8 Å². The zero-order chi connectivity index (χ0) is 25.9. The van der Waals surface area contributed by atoms with Gasteiger partial charge >= 0.3 is 5.97 Å². The molecule has 0 saturated carbocycles. The zero-order valence-electron chi connectivity index (χ0n) is 20.2. The average Bonchev–Trinajstić information content (AvgIpc) is 3.48. The van der Waals surface area contributed by atoms with Crippen molar-refractivity contribution in [2.45, 2.75) is 24.9 Å². The van der Waals surface area contributed by atoms with Crippen LogP contribution in [0.4, 0.5) is 0 Å². The number of nitrogens with one attached hydrogen (secondary N) is 2. The number of hydrogen-bond donors (Lipinski definition) is 2. The normalized spacial score (nSPS) is 12.2. The molecule has 7 nitrogen and oxygen atoms in total. The highest BCUT2D eigenvalue weighted by Crippen LogP contribution is 2.10. The number of ether oxygens (including phenoxy) is 1. The maximum absolute atomic E-state index is 13.2. The third-order valence-electron chi connectivity index (χ3n) is 5.74. The van der Waals surface area contributed by atoms with Gasteiger partial charge in [0.2, 0.25) is 0 Å². The van der Waals surface area contributed by atoms with Crippen LogP contribution in [0.2, 0.25) is 0 Å². The molecule has 0 radical (unpaired) electrons. The molecule has 188 valence electrons. The molecule has 1 heterocycles. The minimum atomic E-state index is -0.942. The molecule has 4 aromatic rings. The molecule has 37 heavy (non-hydrogen) atoms. The van der Waals surface area contributed by atoms with Gasteiger partial charge in [-0.2, -0.15) is 0 Å². The summed E-state index contributed by atoms with van der Waals surface area (Å²) in [6.45, 7) is -0.0613. The number of furan rings is 1. The van der Waals surface area contributed by atoms with Crippen LogP contribution in [0.3, 0.4) is 0 Å². The summed E-state index contributed by atoms with van der Waals surface area (Å²) in [6.07, 6.45) is 2.10. The predicted molar refractivity (Wildman–Crippen MR) is 139 cm³/mol. The summed E-state index contributed by atoms with van der Waals surface area (Å²) in [7, 11) is 0. The van der Waals surface area contributed by atoms with E-state index in [1.54, 1.807) is 30.3 Å². The van der Waals surface area contributed by atoms with E-state index in [0.717, 1.165) is 11.1 Å². The molecule has 0 aliphatic heterocycles. The molecular weight excluding hydrogens is 468 g/mol. The molecule has 2 atom stereocenters. The van der Waals surface area contributed by atoms with E-state index in [4.69, 9.17) is 9.15 Å². The van der Waals surface area contributed by atoms with Crippen LogP contribution in [0.15, 0.2) is 114 Å². The summed E-state index contributed by atoms with van der Waals surface area (Å²) < 4.78 is 10.8. The fourth-order valence-corrected chi connectivity index (χ4v) is 3.87. The third kappa shape index (κ3) is 7.67. The monoisotopic (exact) mass is 496 g/mol. The lowest BCUT2D eigenvalue weighted by molar-refractivity contribution is -0.146.